The summed E-state index contributed by atoms with van der Waals surface area (Å²) in [6, 6.07) is 33.8. The molecular weight excluding hydrogens is 478 g/mol. The molecule has 194 valence electrons. The third kappa shape index (κ3) is 8.21. The highest BCUT2D eigenvalue weighted by Crippen LogP contribution is 2.16. The number of nitrogens with zero attached hydrogens (tertiary/aromatic N) is 1. The van der Waals surface area contributed by atoms with Crippen LogP contribution in [0.2, 0.25) is 0 Å². The average Bonchev–Trinajstić information content (AvgIpc) is 2.96. The highest BCUT2D eigenvalue weighted by Gasteiger charge is 2.16. The largest absolute Gasteiger partial charge is 0.484 e. The molecule has 3 N–H and O–H groups in total. The van der Waals surface area contributed by atoms with Crippen LogP contribution in [-0.4, -0.2) is 29.9 Å². The van der Waals surface area contributed by atoms with Crippen LogP contribution in [0.25, 0.3) is 0 Å². The summed E-state index contributed by atoms with van der Waals surface area (Å²) in [4.78, 5) is 27.2. The van der Waals surface area contributed by atoms with E-state index in [2.05, 4.69) is 5.32 Å². The van der Waals surface area contributed by atoms with Crippen molar-refractivity contribution in [1.82, 2.24) is 4.90 Å². The Morgan fingerprint density at radius 1 is 0.658 bits per heavy atom. The van der Waals surface area contributed by atoms with Gasteiger partial charge in [-0.05, 0) is 53.1 Å². The molecule has 0 saturated carbocycles. The van der Waals surface area contributed by atoms with Crippen molar-refractivity contribution >= 4 is 17.5 Å². The first-order valence-corrected chi connectivity index (χ1v) is 12.4. The standard InChI is InChI=1S/C31H31N3O4/c32-19-25-8-7-9-26(18-25)21-34(31(36)23-38-29-12-5-2-6-13-29)20-24-14-16-27(17-15-24)33-30(35)22-37-28-10-3-1-4-11-28/h1-18H,19-23,32H2,(H,33,35). The molecule has 2 amide bonds. The summed E-state index contributed by atoms with van der Waals surface area (Å²) < 4.78 is 11.2. The minimum absolute atomic E-state index is 0.0733. The molecule has 0 heterocycles. The van der Waals surface area contributed by atoms with E-state index >= 15 is 0 Å². The lowest BCUT2D eigenvalue weighted by atomic mass is 10.1. The molecular formula is C31H31N3O4. The van der Waals surface area contributed by atoms with Gasteiger partial charge < -0.3 is 25.4 Å². The summed E-state index contributed by atoms with van der Waals surface area (Å²) in [5.74, 6) is 0.886. The van der Waals surface area contributed by atoms with Gasteiger partial charge in [-0.25, -0.2) is 0 Å². The lowest BCUT2D eigenvalue weighted by Crippen LogP contribution is -2.34. The summed E-state index contributed by atoms with van der Waals surface area (Å²) in [7, 11) is 0. The van der Waals surface area contributed by atoms with E-state index in [0.717, 1.165) is 16.7 Å². The van der Waals surface area contributed by atoms with Crippen LogP contribution >= 0.6 is 0 Å². The number of nitrogens with one attached hydrogen (secondary N) is 1. The predicted molar refractivity (Wildman–Crippen MR) is 148 cm³/mol. The first-order chi connectivity index (χ1) is 18.6. The van der Waals surface area contributed by atoms with Crippen LogP contribution in [0.5, 0.6) is 11.5 Å². The van der Waals surface area contributed by atoms with Gasteiger partial charge in [-0.15, -0.1) is 0 Å². The summed E-state index contributed by atoms with van der Waals surface area (Å²) in [6.45, 7) is 1.07. The molecule has 0 atom stereocenters. The number of amides is 2. The number of carbonyl (C=O) groups excluding carboxylic acids is 2. The van der Waals surface area contributed by atoms with Gasteiger partial charge in [0.15, 0.2) is 13.2 Å². The zero-order valence-electron chi connectivity index (χ0n) is 21.1. The third-order valence-corrected chi connectivity index (χ3v) is 5.78. The molecule has 0 radical (unpaired) electrons. The van der Waals surface area contributed by atoms with E-state index < -0.39 is 0 Å². The molecule has 0 aliphatic carbocycles. The molecule has 38 heavy (non-hydrogen) atoms. The van der Waals surface area contributed by atoms with Crippen LogP contribution in [0.15, 0.2) is 109 Å². The van der Waals surface area contributed by atoms with Gasteiger partial charge in [0.05, 0.1) is 0 Å². The Hall–Kier alpha value is -4.62. The molecule has 0 aliphatic rings. The fraction of sp³-hybridized carbons (Fsp3) is 0.161. The first kappa shape index (κ1) is 26.4. The van der Waals surface area contributed by atoms with Crippen molar-refractivity contribution in [3.8, 4) is 11.5 Å². The van der Waals surface area contributed by atoms with Crippen LogP contribution < -0.4 is 20.5 Å². The zero-order valence-corrected chi connectivity index (χ0v) is 21.1. The lowest BCUT2D eigenvalue weighted by Gasteiger charge is -2.24. The van der Waals surface area contributed by atoms with Crippen molar-refractivity contribution in [2.24, 2.45) is 5.73 Å². The fourth-order valence-electron chi connectivity index (χ4n) is 3.84. The molecule has 0 aromatic heterocycles. The smallest absolute Gasteiger partial charge is 0.262 e. The Morgan fingerprint density at radius 2 is 1.24 bits per heavy atom. The number of para-hydroxylation sites is 2. The Balaban J connectivity index is 1.38. The second-order valence-electron chi connectivity index (χ2n) is 8.72. The van der Waals surface area contributed by atoms with E-state index in [1.807, 2.05) is 97.1 Å². The number of hydrogen-bond acceptors (Lipinski definition) is 5. The summed E-state index contributed by atoms with van der Waals surface area (Å²) in [5, 5.41) is 2.83. The van der Waals surface area contributed by atoms with E-state index in [4.69, 9.17) is 15.2 Å². The normalized spacial score (nSPS) is 10.4. The molecule has 0 unspecified atom stereocenters. The average molecular weight is 510 g/mol. The van der Waals surface area contributed by atoms with E-state index in [1.165, 1.54) is 0 Å². The van der Waals surface area contributed by atoms with Crippen molar-refractivity contribution in [1.29, 1.82) is 0 Å². The SMILES string of the molecule is NCc1cccc(CN(Cc2ccc(NC(=O)COc3ccccc3)cc2)C(=O)COc2ccccc2)c1. The summed E-state index contributed by atoms with van der Waals surface area (Å²) in [6.07, 6.45) is 0. The van der Waals surface area contributed by atoms with Gasteiger partial charge in [0.25, 0.3) is 11.8 Å². The van der Waals surface area contributed by atoms with Gasteiger partial charge in [-0.3, -0.25) is 9.59 Å². The molecule has 0 fully saturated rings. The Bertz CT molecular complexity index is 1310. The van der Waals surface area contributed by atoms with Crippen molar-refractivity contribution in [3.05, 3.63) is 126 Å². The van der Waals surface area contributed by atoms with E-state index in [-0.39, 0.29) is 25.0 Å². The number of hydrogen-bond donors (Lipinski definition) is 2. The van der Waals surface area contributed by atoms with Gasteiger partial charge in [0.2, 0.25) is 0 Å². The Kier molecular flexibility index (Phi) is 9.48. The molecule has 0 aliphatic heterocycles. The van der Waals surface area contributed by atoms with E-state index in [1.54, 1.807) is 17.0 Å². The van der Waals surface area contributed by atoms with Crippen molar-refractivity contribution in [2.45, 2.75) is 19.6 Å². The number of rotatable bonds is 12. The summed E-state index contributed by atoms with van der Waals surface area (Å²) >= 11 is 0. The quantitative estimate of drug-likeness (QED) is 0.287. The minimum Gasteiger partial charge on any atom is -0.484 e. The number of carbonyl (C=O) groups is 2. The van der Waals surface area contributed by atoms with Crippen LogP contribution in [0.4, 0.5) is 5.69 Å². The maximum absolute atomic E-state index is 13.2. The number of anilines is 1. The summed E-state index contributed by atoms with van der Waals surface area (Å²) in [5.41, 5.74) is 9.37. The fourth-order valence-corrected chi connectivity index (χ4v) is 3.84. The minimum atomic E-state index is -0.253. The number of benzene rings is 4. The Morgan fingerprint density at radius 3 is 1.87 bits per heavy atom. The van der Waals surface area contributed by atoms with Crippen molar-refractivity contribution in [2.75, 3.05) is 18.5 Å². The zero-order chi connectivity index (χ0) is 26.6. The monoisotopic (exact) mass is 509 g/mol. The second kappa shape index (κ2) is 13.6. The highest BCUT2D eigenvalue weighted by molar-refractivity contribution is 5.91. The van der Waals surface area contributed by atoms with E-state index in [0.29, 0.717) is 36.8 Å². The topological polar surface area (TPSA) is 93.9 Å². The molecule has 7 nitrogen and oxygen atoms in total. The van der Waals surface area contributed by atoms with Crippen molar-refractivity contribution < 1.29 is 19.1 Å². The second-order valence-corrected chi connectivity index (χ2v) is 8.72. The van der Waals surface area contributed by atoms with Gasteiger partial charge in [0.1, 0.15) is 11.5 Å². The molecule has 4 aromatic carbocycles. The van der Waals surface area contributed by atoms with Crippen LogP contribution in [0.1, 0.15) is 16.7 Å². The molecule has 0 saturated heterocycles. The molecule has 4 aromatic rings. The van der Waals surface area contributed by atoms with Gasteiger partial charge >= 0.3 is 0 Å². The molecule has 0 spiro atoms. The predicted octanol–water partition coefficient (Wildman–Crippen LogP) is 4.77. The van der Waals surface area contributed by atoms with Crippen molar-refractivity contribution in [3.63, 3.8) is 0 Å². The van der Waals surface area contributed by atoms with Crippen LogP contribution in [-0.2, 0) is 29.2 Å². The third-order valence-electron chi connectivity index (χ3n) is 5.78. The molecule has 7 heteroatoms. The maximum Gasteiger partial charge on any atom is 0.262 e. The maximum atomic E-state index is 13.2. The highest BCUT2D eigenvalue weighted by atomic mass is 16.5. The number of ether oxygens (including phenoxy) is 2. The number of nitrogens with two attached hydrogens (primary N) is 1. The van der Waals surface area contributed by atoms with Gasteiger partial charge in [-0.1, -0.05) is 72.8 Å². The van der Waals surface area contributed by atoms with Gasteiger partial charge in [0, 0.05) is 25.3 Å². The first-order valence-electron chi connectivity index (χ1n) is 12.4. The molecule has 4 rings (SSSR count). The van der Waals surface area contributed by atoms with Crippen LogP contribution in [0.3, 0.4) is 0 Å². The lowest BCUT2D eigenvalue weighted by molar-refractivity contribution is -0.134. The van der Waals surface area contributed by atoms with Gasteiger partial charge in [-0.2, -0.15) is 0 Å². The van der Waals surface area contributed by atoms with E-state index in [9.17, 15) is 9.59 Å². The Labute approximate surface area is 222 Å². The van der Waals surface area contributed by atoms with Crippen LogP contribution in [0, 0.1) is 0 Å². The molecule has 0 bridgehead atoms.